The molecule has 2 aliphatic carbocycles. The molecule has 2 unspecified atom stereocenters. The van der Waals surface area contributed by atoms with Gasteiger partial charge in [-0.15, -0.1) is 0 Å². The molecular weight excluding hydrogens is 349 g/mol. The first-order valence-corrected chi connectivity index (χ1v) is 9.07. The highest BCUT2D eigenvalue weighted by Gasteiger charge is 2.52. The van der Waals surface area contributed by atoms with Gasteiger partial charge < -0.3 is 9.47 Å². The molecule has 0 bridgehead atoms. The molecule has 148 valence electrons. The molecule has 0 aliphatic heterocycles. The van der Waals surface area contributed by atoms with Crippen molar-refractivity contribution >= 4 is 11.9 Å². The van der Waals surface area contributed by atoms with Gasteiger partial charge in [0.05, 0.1) is 5.41 Å². The van der Waals surface area contributed by atoms with Crippen molar-refractivity contribution in [2.75, 3.05) is 0 Å². The summed E-state index contributed by atoms with van der Waals surface area (Å²) in [5.41, 5.74) is -3.17. The number of carbonyl (C=O) groups excluding carboxylic acids is 2. The van der Waals surface area contributed by atoms with Crippen molar-refractivity contribution in [1.82, 2.24) is 0 Å². The lowest BCUT2D eigenvalue weighted by Crippen LogP contribution is -2.46. The predicted molar refractivity (Wildman–Crippen MR) is 89.2 cm³/mol. The number of esters is 2. The van der Waals surface area contributed by atoms with Gasteiger partial charge in [-0.2, -0.15) is 13.2 Å². The summed E-state index contributed by atoms with van der Waals surface area (Å²) in [5.74, 6) is -2.05. The van der Waals surface area contributed by atoms with Crippen LogP contribution >= 0.6 is 0 Å². The minimum atomic E-state index is -4.81. The average Bonchev–Trinajstić information content (AvgIpc) is 3.14. The Labute approximate surface area is 152 Å². The van der Waals surface area contributed by atoms with Crippen molar-refractivity contribution in [2.24, 2.45) is 11.3 Å². The molecule has 0 N–H and O–H groups in total. The quantitative estimate of drug-likeness (QED) is 0.526. The van der Waals surface area contributed by atoms with Crippen LogP contribution in [0.4, 0.5) is 13.2 Å². The Morgan fingerprint density at radius 3 is 2.12 bits per heavy atom. The summed E-state index contributed by atoms with van der Waals surface area (Å²) in [6.07, 6.45) is -0.677. The molecule has 2 atom stereocenters. The van der Waals surface area contributed by atoms with Crippen LogP contribution in [-0.4, -0.2) is 29.8 Å². The number of hydrogen-bond donors (Lipinski definition) is 0. The smallest absolute Gasteiger partial charge is 0.422 e. The van der Waals surface area contributed by atoms with Gasteiger partial charge in [0.15, 0.2) is 0 Å². The van der Waals surface area contributed by atoms with Crippen molar-refractivity contribution in [3.8, 4) is 0 Å². The Bertz CT molecular complexity index is 568. The predicted octanol–water partition coefficient (Wildman–Crippen LogP) is 4.72. The fourth-order valence-corrected chi connectivity index (χ4v) is 3.87. The third-order valence-corrected chi connectivity index (χ3v) is 5.33. The van der Waals surface area contributed by atoms with Crippen LogP contribution in [0, 0.1) is 11.3 Å². The third-order valence-electron chi connectivity index (χ3n) is 5.33. The van der Waals surface area contributed by atoms with Gasteiger partial charge in [0.1, 0.15) is 17.3 Å². The van der Waals surface area contributed by atoms with Crippen molar-refractivity contribution in [3.63, 3.8) is 0 Å². The topological polar surface area (TPSA) is 52.6 Å². The first-order valence-electron chi connectivity index (χ1n) is 9.07. The van der Waals surface area contributed by atoms with Gasteiger partial charge in [-0.25, -0.2) is 4.79 Å². The summed E-state index contributed by atoms with van der Waals surface area (Å²) < 4.78 is 49.4. The van der Waals surface area contributed by atoms with Gasteiger partial charge in [-0.05, 0) is 65.7 Å². The molecule has 0 aromatic heterocycles. The van der Waals surface area contributed by atoms with Crippen molar-refractivity contribution < 1.29 is 32.2 Å². The van der Waals surface area contributed by atoms with Gasteiger partial charge in [0.2, 0.25) is 0 Å². The second-order valence-corrected chi connectivity index (χ2v) is 8.37. The average molecular weight is 376 g/mol. The van der Waals surface area contributed by atoms with Gasteiger partial charge in [0.25, 0.3) is 0 Å². The molecule has 2 rings (SSSR count). The molecule has 0 spiro atoms. The maximum Gasteiger partial charge on any atom is 0.422 e. The monoisotopic (exact) mass is 376 g/mol. The van der Waals surface area contributed by atoms with Gasteiger partial charge >= 0.3 is 18.1 Å². The fraction of sp³-hybridized carbons (Fsp3) is 0.789. The zero-order valence-corrected chi connectivity index (χ0v) is 15.6. The Balaban J connectivity index is 2.18. The van der Waals surface area contributed by atoms with Crippen LogP contribution < -0.4 is 0 Å². The molecule has 0 radical (unpaired) electrons. The number of carbonyl (C=O) groups is 2. The first-order chi connectivity index (χ1) is 11.9. The molecule has 0 aromatic rings. The van der Waals surface area contributed by atoms with E-state index in [2.05, 4.69) is 6.58 Å². The maximum absolute atomic E-state index is 12.8. The Kier molecular flexibility index (Phi) is 5.78. The van der Waals surface area contributed by atoms with E-state index in [-0.39, 0.29) is 11.9 Å². The van der Waals surface area contributed by atoms with Crippen LogP contribution in [0.15, 0.2) is 12.2 Å². The molecular formula is C19H27F3O4. The van der Waals surface area contributed by atoms with Crippen LogP contribution in [0.1, 0.15) is 65.7 Å². The van der Waals surface area contributed by atoms with Crippen molar-refractivity contribution in [3.05, 3.63) is 12.2 Å². The van der Waals surface area contributed by atoms with Crippen LogP contribution in [0.25, 0.3) is 0 Å². The van der Waals surface area contributed by atoms with E-state index >= 15 is 0 Å². The normalized spacial score (nSPS) is 25.8. The molecule has 26 heavy (non-hydrogen) atoms. The molecule has 4 nitrogen and oxygen atoms in total. The number of hydrogen-bond acceptors (Lipinski definition) is 4. The zero-order chi connectivity index (χ0) is 19.8. The van der Waals surface area contributed by atoms with Crippen LogP contribution in [0.5, 0.6) is 0 Å². The van der Waals surface area contributed by atoms with Crippen LogP contribution in [0.3, 0.4) is 0 Å². The molecule has 0 heterocycles. The number of halogens is 3. The lowest BCUT2D eigenvalue weighted by atomic mass is 9.82. The molecule has 0 saturated heterocycles. The Morgan fingerprint density at radius 2 is 1.62 bits per heavy atom. The van der Waals surface area contributed by atoms with Crippen LogP contribution in [-0.2, 0) is 19.1 Å². The van der Waals surface area contributed by atoms with E-state index in [4.69, 9.17) is 9.47 Å². The van der Waals surface area contributed by atoms with Gasteiger partial charge in [0, 0.05) is 5.92 Å². The lowest BCUT2D eigenvalue weighted by Gasteiger charge is -2.38. The highest BCUT2D eigenvalue weighted by Crippen LogP contribution is 2.48. The van der Waals surface area contributed by atoms with E-state index in [1.807, 2.05) is 0 Å². The van der Waals surface area contributed by atoms with E-state index < -0.39 is 34.8 Å². The number of ether oxygens (including phenoxy) is 2. The molecule has 2 fully saturated rings. The summed E-state index contributed by atoms with van der Waals surface area (Å²) in [7, 11) is 0. The summed E-state index contributed by atoms with van der Waals surface area (Å²) in [6, 6.07) is 0. The first kappa shape index (κ1) is 20.8. The third kappa shape index (κ3) is 4.41. The standard InChI is InChI=1S/C19H27F3O4/c1-12(19(20,21)22)15(23)26-18(10-5-6-11-18)13-8-7-9-14(13)25-16(24)17(2,3)4/h13-14H,1,5-11H2,2-4H3. The summed E-state index contributed by atoms with van der Waals surface area (Å²) >= 11 is 0. The summed E-state index contributed by atoms with van der Waals surface area (Å²) in [6.45, 7) is 8.08. The SMILES string of the molecule is C=C(C(=O)OC1(C2CCCC2OC(=O)C(C)(C)C)CCCC1)C(F)(F)F. The lowest BCUT2D eigenvalue weighted by molar-refractivity contribution is -0.180. The van der Waals surface area contributed by atoms with Gasteiger partial charge in [-0.1, -0.05) is 6.58 Å². The van der Waals surface area contributed by atoms with E-state index in [1.54, 1.807) is 20.8 Å². The van der Waals surface area contributed by atoms with Crippen molar-refractivity contribution in [2.45, 2.75) is 83.6 Å². The fourth-order valence-electron chi connectivity index (χ4n) is 3.87. The molecule has 0 amide bonds. The maximum atomic E-state index is 12.8. The minimum Gasteiger partial charge on any atom is -0.462 e. The molecule has 2 aliphatic rings. The largest absolute Gasteiger partial charge is 0.462 e. The van der Waals surface area contributed by atoms with Gasteiger partial charge in [-0.3, -0.25) is 4.79 Å². The summed E-state index contributed by atoms with van der Waals surface area (Å²) in [5, 5.41) is 0. The Morgan fingerprint density at radius 1 is 1.04 bits per heavy atom. The highest BCUT2D eigenvalue weighted by molar-refractivity contribution is 5.89. The molecule has 2 saturated carbocycles. The number of alkyl halides is 3. The van der Waals surface area contributed by atoms with E-state index in [1.165, 1.54) is 0 Å². The molecule has 0 aromatic carbocycles. The number of rotatable bonds is 4. The second-order valence-electron chi connectivity index (χ2n) is 8.37. The zero-order valence-electron chi connectivity index (χ0n) is 15.6. The Hall–Kier alpha value is -1.53. The minimum absolute atomic E-state index is 0.277. The van der Waals surface area contributed by atoms with E-state index in [9.17, 15) is 22.8 Å². The van der Waals surface area contributed by atoms with Crippen molar-refractivity contribution in [1.29, 1.82) is 0 Å². The highest BCUT2D eigenvalue weighted by atomic mass is 19.4. The van der Waals surface area contributed by atoms with E-state index in [0.29, 0.717) is 25.7 Å². The van der Waals surface area contributed by atoms with E-state index in [0.717, 1.165) is 19.3 Å². The summed E-state index contributed by atoms with van der Waals surface area (Å²) in [4.78, 5) is 24.3. The van der Waals surface area contributed by atoms with Crippen LogP contribution in [0.2, 0.25) is 0 Å². The second kappa shape index (κ2) is 7.24. The molecule has 7 heteroatoms.